The highest BCUT2D eigenvalue weighted by atomic mass is 16.5. The minimum Gasteiger partial charge on any atom is -0.467 e. The summed E-state index contributed by atoms with van der Waals surface area (Å²) < 4.78 is 9.89. The SMILES string of the molecule is COc1nc(NCC(=O)N2CCCCC2)nc(OC)n1. The lowest BCUT2D eigenvalue weighted by Gasteiger charge is -2.26. The summed E-state index contributed by atoms with van der Waals surface area (Å²) in [4.78, 5) is 25.8. The maximum absolute atomic E-state index is 12.0. The van der Waals surface area contributed by atoms with Gasteiger partial charge in [-0.05, 0) is 19.3 Å². The normalized spacial score (nSPS) is 14.8. The van der Waals surface area contributed by atoms with E-state index in [2.05, 4.69) is 20.3 Å². The van der Waals surface area contributed by atoms with Crippen LogP contribution in [0.4, 0.5) is 5.95 Å². The predicted octanol–water partition coefficient (Wildman–Crippen LogP) is 0.313. The second-order valence-electron chi connectivity index (χ2n) is 4.43. The van der Waals surface area contributed by atoms with Crippen LogP contribution in [0, 0.1) is 0 Å². The Labute approximate surface area is 117 Å². The van der Waals surface area contributed by atoms with Crippen LogP contribution in [0.3, 0.4) is 0 Å². The molecule has 2 heterocycles. The number of nitrogens with zero attached hydrogens (tertiary/aromatic N) is 4. The number of hydrogen-bond donors (Lipinski definition) is 1. The molecule has 0 aromatic carbocycles. The minimum absolute atomic E-state index is 0.0445. The number of carbonyl (C=O) groups excluding carboxylic acids is 1. The van der Waals surface area contributed by atoms with Crippen molar-refractivity contribution in [2.45, 2.75) is 19.3 Å². The summed E-state index contributed by atoms with van der Waals surface area (Å²) in [7, 11) is 2.91. The van der Waals surface area contributed by atoms with Crippen LogP contribution in [-0.4, -0.2) is 59.6 Å². The van der Waals surface area contributed by atoms with Crippen LogP contribution in [0.15, 0.2) is 0 Å². The van der Waals surface area contributed by atoms with Crippen molar-refractivity contribution < 1.29 is 14.3 Å². The van der Waals surface area contributed by atoms with Gasteiger partial charge in [-0.25, -0.2) is 0 Å². The van der Waals surface area contributed by atoms with E-state index in [1.54, 1.807) is 0 Å². The molecule has 0 unspecified atom stereocenters. The predicted molar refractivity (Wildman–Crippen MR) is 71.9 cm³/mol. The Bertz CT molecular complexity index is 440. The minimum atomic E-state index is 0.0445. The standard InChI is InChI=1S/C12H19N5O3/c1-19-11-14-10(15-12(16-11)20-2)13-8-9(18)17-6-4-3-5-7-17/h3-8H2,1-2H3,(H,13,14,15,16). The van der Waals surface area contributed by atoms with Crippen molar-refractivity contribution in [3.8, 4) is 12.0 Å². The molecular formula is C12H19N5O3. The summed E-state index contributed by atoms with van der Waals surface area (Å²) in [5.41, 5.74) is 0. The number of methoxy groups -OCH3 is 2. The molecule has 0 radical (unpaired) electrons. The zero-order valence-electron chi connectivity index (χ0n) is 11.8. The number of piperidine rings is 1. The molecule has 0 aliphatic carbocycles. The highest BCUT2D eigenvalue weighted by molar-refractivity contribution is 5.80. The van der Waals surface area contributed by atoms with Gasteiger partial charge in [0.25, 0.3) is 0 Å². The smallest absolute Gasteiger partial charge is 0.324 e. The number of rotatable bonds is 5. The van der Waals surface area contributed by atoms with Crippen molar-refractivity contribution in [1.29, 1.82) is 0 Å². The van der Waals surface area contributed by atoms with Crippen LogP contribution in [-0.2, 0) is 4.79 Å². The fourth-order valence-corrected chi connectivity index (χ4v) is 2.01. The summed E-state index contributed by atoms with van der Waals surface area (Å²) in [6, 6.07) is 0.287. The number of hydrogen-bond acceptors (Lipinski definition) is 7. The second-order valence-corrected chi connectivity index (χ2v) is 4.43. The fraction of sp³-hybridized carbons (Fsp3) is 0.667. The Kier molecular flexibility index (Phi) is 4.91. The number of amides is 1. The molecule has 1 amide bonds. The molecule has 0 spiro atoms. The van der Waals surface area contributed by atoms with Crippen molar-refractivity contribution in [3.63, 3.8) is 0 Å². The molecule has 0 bridgehead atoms. The van der Waals surface area contributed by atoms with Crippen LogP contribution >= 0.6 is 0 Å². The maximum atomic E-state index is 12.0. The van der Waals surface area contributed by atoms with Gasteiger partial charge in [0.2, 0.25) is 11.9 Å². The number of nitrogens with one attached hydrogen (secondary N) is 1. The molecule has 1 saturated heterocycles. The molecule has 1 N–H and O–H groups in total. The Morgan fingerprint density at radius 1 is 1.10 bits per heavy atom. The lowest BCUT2D eigenvalue weighted by molar-refractivity contribution is -0.130. The van der Waals surface area contributed by atoms with Crippen molar-refractivity contribution in [1.82, 2.24) is 19.9 Å². The van der Waals surface area contributed by atoms with Crippen molar-refractivity contribution in [2.24, 2.45) is 0 Å². The quantitative estimate of drug-likeness (QED) is 0.830. The number of anilines is 1. The molecule has 1 fully saturated rings. The molecule has 8 heteroatoms. The topological polar surface area (TPSA) is 89.5 Å². The van der Waals surface area contributed by atoms with Crippen molar-refractivity contribution in [2.75, 3.05) is 39.2 Å². The van der Waals surface area contributed by atoms with E-state index in [0.29, 0.717) is 0 Å². The number of ether oxygens (including phenoxy) is 2. The third-order valence-electron chi connectivity index (χ3n) is 3.07. The van der Waals surface area contributed by atoms with Gasteiger partial charge in [-0.1, -0.05) is 0 Å². The average Bonchev–Trinajstić information content (AvgIpc) is 2.53. The molecular weight excluding hydrogens is 262 g/mol. The van der Waals surface area contributed by atoms with Gasteiger partial charge in [0.1, 0.15) is 0 Å². The van der Waals surface area contributed by atoms with Crippen molar-refractivity contribution >= 4 is 11.9 Å². The van der Waals surface area contributed by atoms with Crippen LogP contribution in [0.1, 0.15) is 19.3 Å². The second kappa shape index (κ2) is 6.88. The highest BCUT2D eigenvalue weighted by Gasteiger charge is 2.16. The fourth-order valence-electron chi connectivity index (χ4n) is 2.01. The molecule has 1 aromatic heterocycles. The summed E-state index contributed by atoms with van der Waals surface area (Å²) >= 11 is 0. The van der Waals surface area contributed by atoms with Crippen LogP contribution < -0.4 is 14.8 Å². The van der Waals surface area contributed by atoms with Gasteiger partial charge in [0.15, 0.2) is 0 Å². The number of likely N-dealkylation sites (tertiary alicyclic amines) is 1. The van der Waals surface area contributed by atoms with Crippen LogP contribution in [0.5, 0.6) is 12.0 Å². The summed E-state index contributed by atoms with van der Waals surface area (Å²) in [5, 5.41) is 2.88. The van der Waals surface area contributed by atoms with E-state index in [-0.39, 0.29) is 30.4 Å². The molecule has 1 aromatic rings. The summed E-state index contributed by atoms with van der Waals surface area (Å²) in [6.45, 7) is 1.80. The van der Waals surface area contributed by atoms with E-state index in [4.69, 9.17) is 9.47 Å². The first kappa shape index (κ1) is 14.3. The monoisotopic (exact) mass is 281 g/mol. The first-order valence-corrected chi connectivity index (χ1v) is 6.58. The number of aromatic nitrogens is 3. The van der Waals surface area contributed by atoms with Gasteiger partial charge in [0.05, 0.1) is 20.8 Å². The molecule has 8 nitrogen and oxygen atoms in total. The maximum Gasteiger partial charge on any atom is 0.324 e. The highest BCUT2D eigenvalue weighted by Crippen LogP contribution is 2.12. The summed E-state index contributed by atoms with van der Waals surface area (Å²) in [6.07, 6.45) is 3.33. The van der Waals surface area contributed by atoms with Crippen molar-refractivity contribution in [3.05, 3.63) is 0 Å². The van der Waals surface area contributed by atoms with Crippen LogP contribution in [0.2, 0.25) is 0 Å². The van der Waals surface area contributed by atoms with Gasteiger partial charge >= 0.3 is 12.0 Å². The van der Waals surface area contributed by atoms with Gasteiger partial charge < -0.3 is 19.7 Å². The Hall–Kier alpha value is -2.12. The summed E-state index contributed by atoms with van der Waals surface area (Å²) in [5.74, 6) is 0.308. The van der Waals surface area contributed by atoms with Gasteiger partial charge in [0, 0.05) is 13.1 Å². The van der Waals surface area contributed by atoms with E-state index < -0.39 is 0 Å². The van der Waals surface area contributed by atoms with Gasteiger partial charge in [-0.3, -0.25) is 4.79 Å². The van der Waals surface area contributed by atoms with E-state index in [1.165, 1.54) is 20.6 Å². The Balaban J connectivity index is 1.94. The largest absolute Gasteiger partial charge is 0.467 e. The van der Waals surface area contributed by atoms with Gasteiger partial charge in [-0.15, -0.1) is 4.98 Å². The van der Waals surface area contributed by atoms with E-state index >= 15 is 0 Å². The molecule has 20 heavy (non-hydrogen) atoms. The first-order chi connectivity index (χ1) is 9.72. The molecule has 0 atom stereocenters. The molecule has 0 saturated carbocycles. The third-order valence-corrected chi connectivity index (χ3v) is 3.07. The Morgan fingerprint density at radius 3 is 2.25 bits per heavy atom. The van der Waals surface area contributed by atoms with E-state index in [0.717, 1.165) is 25.9 Å². The molecule has 1 aliphatic rings. The van der Waals surface area contributed by atoms with Crippen LogP contribution in [0.25, 0.3) is 0 Å². The molecule has 2 rings (SSSR count). The third kappa shape index (κ3) is 3.69. The molecule has 110 valence electrons. The van der Waals surface area contributed by atoms with E-state index in [1.807, 2.05) is 4.90 Å². The van der Waals surface area contributed by atoms with E-state index in [9.17, 15) is 4.79 Å². The lowest BCUT2D eigenvalue weighted by atomic mass is 10.1. The zero-order valence-corrected chi connectivity index (χ0v) is 11.8. The first-order valence-electron chi connectivity index (χ1n) is 6.58. The number of carbonyl (C=O) groups is 1. The zero-order chi connectivity index (χ0) is 14.4. The molecule has 1 aliphatic heterocycles. The average molecular weight is 281 g/mol. The lowest BCUT2D eigenvalue weighted by Crippen LogP contribution is -2.39. The Morgan fingerprint density at radius 2 is 1.70 bits per heavy atom. The van der Waals surface area contributed by atoms with Gasteiger partial charge in [-0.2, -0.15) is 9.97 Å².